The van der Waals surface area contributed by atoms with E-state index in [0.717, 1.165) is 24.5 Å². The molecule has 0 aliphatic heterocycles. The van der Waals surface area contributed by atoms with Gasteiger partial charge in [0, 0.05) is 17.1 Å². The summed E-state index contributed by atoms with van der Waals surface area (Å²) in [5.74, 6) is -0.301. The lowest BCUT2D eigenvalue weighted by Gasteiger charge is -2.20. The average molecular weight is 296 g/mol. The maximum Gasteiger partial charge on any atom is 0.129 e. The van der Waals surface area contributed by atoms with E-state index in [2.05, 4.69) is 10.4 Å². The highest BCUT2D eigenvalue weighted by molar-refractivity contribution is 6.30. The van der Waals surface area contributed by atoms with Crippen LogP contribution < -0.4 is 5.32 Å². The van der Waals surface area contributed by atoms with Gasteiger partial charge in [-0.25, -0.2) is 4.39 Å². The topological polar surface area (TPSA) is 29.9 Å². The van der Waals surface area contributed by atoms with Gasteiger partial charge in [0.1, 0.15) is 5.82 Å². The molecule has 0 aliphatic rings. The number of halogens is 2. The Balaban J connectivity index is 2.49. The van der Waals surface area contributed by atoms with Crippen molar-refractivity contribution in [3.05, 3.63) is 52.1 Å². The molecule has 20 heavy (non-hydrogen) atoms. The molecular weight excluding hydrogens is 277 g/mol. The van der Waals surface area contributed by atoms with E-state index in [9.17, 15) is 4.39 Å². The van der Waals surface area contributed by atoms with Gasteiger partial charge in [0.2, 0.25) is 0 Å². The maximum absolute atomic E-state index is 14.2. The van der Waals surface area contributed by atoms with Crippen molar-refractivity contribution in [1.82, 2.24) is 15.1 Å². The molecule has 0 saturated heterocycles. The van der Waals surface area contributed by atoms with Crippen molar-refractivity contribution in [3.63, 3.8) is 0 Å². The molecule has 2 aromatic rings. The van der Waals surface area contributed by atoms with Crippen LogP contribution in [0, 0.1) is 12.7 Å². The molecule has 1 aromatic carbocycles. The van der Waals surface area contributed by atoms with Crippen molar-refractivity contribution < 1.29 is 4.39 Å². The van der Waals surface area contributed by atoms with Crippen LogP contribution in [0.2, 0.25) is 5.02 Å². The molecule has 0 radical (unpaired) electrons. The van der Waals surface area contributed by atoms with Crippen molar-refractivity contribution in [1.29, 1.82) is 0 Å². The van der Waals surface area contributed by atoms with E-state index in [1.165, 1.54) is 6.07 Å². The Morgan fingerprint density at radius 1 is 1.35 bits per heavy atom. The number of aryl methyl sites for hydroxylation is 2. The van der Waals surface area contributed by atoms with Crippen LogP contribution >= 0.6 is 11.6 Å². The maximum atomic E-state index is 14.2. The second-order valence-corrected chi connectivity index (χ2v) is 5.12. The van der Waals surface area contributed by atoms with E-state index in [4.69, 9.17) is 11.6 Å². The van der Waals surface area contributed by atoms with Crippen molar-refractivity contribution in [2.24, 2.45) is 0 Å². The van der Waals surface area contributed by atoms with Crippen LogP contribution in [0.5, 0.6) is 0 Å². The molecule has 1 unspecified atom stereocenters. The first kappa shape index (κ1) is 15.0. The van der Waals surface area contributed by atoms with E-state index in [1.807, 2.05) is 31.5 Å². The van der Waals surface area contributed by atoms with Gasteiger partial charge in [-0.15, -0.1) is 0 Å². The van der Waals surface area contributed by atoms with Crippen molar-refractivity contribution in [3.8, 4) is 0 Å². The third kappa shape index (κ3) is 3.02. The summed E-state index contributed by atoms with van der Waals surface area (Å²) in [6, 6.07) is 6.56. The lowest BCUT2D eigenvalue weighted by Crippen LogP contribution is -2.25. The first-order valence-electron chi connectivity index (χ1n) is 6.79. The molecule has 0 bridgehead atoms. The molecule has 0 aliphatic carbocycles. The van der Waals surface area contributed by atoms with Crippen LogP contribution in [0.4, 0.5) is 4.39 Å². The molecule has 1 heterocycles. The number of nitrogens with zero attached hydrogens (tertiary/aromatic N) is 2. The van der Waals surface area contributed by atoms with Gasteiger partial charge in [0.05, 0.1) is 17.4 Å². The Labute approximate surface area is 123 Å². The molecule has 5 heteroatoms. The van der Waals surface area contributed by atoms with E-state index >= 15 is 0 Å². The molecular formula is C15H19ClFN3. The Bertz CT molecular complexity index is 595. The fraction of sp³-hybridized carbons (Fsp3) is 0.400. The van der Waals surface area contributed by atoms with Gasteiger partial charge in [-0.3, -0.25) is 4.68 Å². The summed E-state index contributed by atoms with van der Waals surface area (Å²) in [5, 5.41) is 8.16. The molecule has 1 N–H and O–H groups in total. The summed E-state index contributed by atoms with van der Waals surface area (Å²) < 4.78 is 16.1. The minimum Gasteiger partial charge on any atom is -0.305 e. The predicted octanol–water partition coefficient (Wildman–Crippen LogP) is 3.70. The monoisotopic (exact) mass is 295 g/mol. The van der Waals surface area contributed by atoms with Crippen molar-refractivity contribution in [2.75, 3.05) is 6.54 Å². The SMILES string of the molecule is CCNC(c1ccc(Cl)cc1F)c1cc(C)nn1CC. The normalized spacial score (nSPS) is 12.7. The number of hydrogen-bond acceptors (Lipinski definition) is 2. The second kappa shape index (κ2) is 6.37. The largest absolute Gasteiger partial charge is 0.305 e. The van der Waals surface area contributed by atoms with Crippen molar-refractivity contribution >= 4 is 11.6 Å². The van der Waals surface area contributed by atoms with Crippen LogP contribution in [-0.4, -0.2) is 16.3 Å². The lowest BCUT2D eigenvalue weighted by atomic mass is 10.0. The van der Waals surface area contributed by atoms with E-state index < -0.39 is 0 Å². The first-order chi connectivity index (χ1) is 9.56. The summed E-state index contributed by atoms with van der Waals surface area (Å²) in [7, 11) is 0. The quantitative estimate of drug-likeness (QED) is 0.911. The van der Waals surface area contributed by atoms with Crippen LogP contribution in [-0.2, 0) is 6.54 Å². The van der Waals surface area contributed by atoms with E-state index in [1.54, 1.807) is 12.1 Å². The highest BCUT2D eigenvalue weighted by Gasteiger charge is 2.21. The van der Waals surface area contributed by atoms with Crippen LogP contribution in [0.25, 0.3) is 0 Å². The Morgan fingerprint density at radius 3 is 2.70 bits per heavy atom. The van der Waals surface area contributed by atoms with Crippen LogP contribution in [0.1, 0.15) is 36.8 Å². The summed E-state index contributed by atoms with van der Waals surface area (Å²) in [6.45, 7) is 7.45. The summed E-state index contributed by atoms with van der Waals surface area (Å²) in [5.41, 5.74) is 2.48. The molecule has 108 valence electrons. The number of hydrogen-bond donors (Lipinski definition) is 1. The highest BCUT2D eigenvalue weighted by Crippen LogP contribution is 2.27. The molecule has 0 fully saturated rings. The van der Waals surface area contributed by atoms with Gasteiger partial charge in [0.15, 0.2) is 0 Å². The smallest absolute Gasteiger partial charge is 0.129 e. The predicted molar refractivity (Wildman–Crippen MR) is 79.6 cm³/mol. The van der Waals surface area contributed by atoms with Gasteiger partial charge in [-0.05, 0) is 38.6 Å². The van der Waals surface area contributed by atoms with Crippen LogP contribution in [0.15, 0.2) is 24.3 Å². The third-order valence-corrected chi connectivity index (χ3v) is 3.45. The lowest BCUT2D eigenvalue weighted by molar-refractivity contribution is 0.515. The molecule has 2 rings (SSSR count). The zero-order chi connectivity index (χ0) is 14.7. The van der Waals surface area contributed by atoms with Gasteiger partial charge in [-0.1, -0.05) is 24.6 Å². The number of benzene rings is 1. The van der Waals surface area contributed by atoms with E-state index in [-0.39, 0.29) is 11.9 Å². The van der Waals surface area contributed by atoms with E-state index in [0.29, 0.717) is 10.6 Å². The molecule has 0 saturated carbocycles. The Hall–Kier alpha value is -1.39. The highest BCUT2D eigenvalue weighted by atomic mass is 35.5. The van der Waals surface area contributed by atoms with Crippen molar-refractivity contribution in [2.45, 2.75) is 33.4 Å². The van der Waals surface area contributed by atoms with Gasteiger partial charge >= 0.3 is 0 Å². The van der Waals surface area contributed by atoms with Crippen LogP contribution in [0.3, 0.4) is 0 Å². The minimum absolute atomic E-state index is 0.224. The van der Waals surface area contributed by atoms with Gasteiger partial charge in [-0.2, -0.15) is 5.10 Å². The molecule has 1 aromatic heterocycles. The zero-order valence-electron chi connectivity index (χ0n) is 12.0. The van der Waals surface area contributed by atoms with Gasteiger partial charge in [0.25, 0.3) is 0 Å². The summed E-state index contributed by atoms with van der Waals surface area (Å²) in [6.07, 6.45) is 0. The minimum atomic E-state index is -0.301. The Morgan fingerprint density at radius 2 is 2.10 bits per heavy atom. The molecule has 0 amide bonds. The molecule has 1 atom stereocenters. The number of aromatic nitrogens is 2. The Kier molecular flexibility index (Phi) is 4.78. The molecule has 3 nitrogen and oxygen atoms in total. The standard InChI is InChI=1S/C15H19ClFN3/c1-4-18-15(12-7-6-11(16)9-13(12)17)14-8-10(3)19-20(14)5-2/h6-9,15,18H,4-5H2,1-3H3. The average Bonchev–Trinajstić information content (AvgIpc) is 2.78. The summed E-state index contributed by atoms with van der Waals surface area (Å²) in [4.78, 5) is 0. The summed E-state index contributed by atoms with van der Waals surface area (Å²) >= 11 is 5.83. The first-order valence-corrected chi connectivity index (χ1v) is 7.17. The number of nitrogens with one attached hydrogen (secondary N) is 1. The number of rotatable bonds is 5. The fourth-order valence-corrected chi connectivity index (χ4v) is 2.52. The zero-order valence-corrected chi connectivity index (χ0v) is 12.7. The van der Waals surface area contributed by atoms with Gasteiger partial charge < -0.3 is 5.32 Å². The third-order valence-electron chi connectivity index (χ3n) is 3.21. The second-order valence-electron chi connectivity index (χ2n) is 4.68. The fourth-order valence-electron chi connectivity index (χ4n) is 2.36. The molecule has 0 spiro atoms.